The van der Waals surface area contributed by atoms with E-state index in [9.17, 15) is 9.59 Å². The molecule has 0 fully saturated rings. The van der Waals surface area contributed by atoms with E-state index in [0.29, 0.717) is 76.5 Å². The summed E-state index contributed by atoms with van der Waals surface area (Å²) in [5.74, 6) is 2.09. The van der Waals surface area contributed by atoms with Gasteiger partial charge in [-0.1, -0.05) is 57.0 Å². The number of hydrogen-bond donors (Lipinski definition) is 0. The van der Waals surface area contributed by atoms with Crippen molar-refractivity contribution in [2.24, 2.45) is 10.8 Å². The Kier molecular flexibility index (Phi) is 8.10. The minimum Gasteiger partial charge on any atom is -0.490 e. The number of ketones is 2. The first-order valence-corrected chi connectivity index (χ1v) is 15.4. The average Bonchev–Trinajstić information content (AvgIpc) is 2.81. The van der Waals surface area contributed by atoms with Gasteiger partial charge in [0.25, 0.3) is 0 Å². The van der Waals surface area contributed by atoms with Gasteiger partial charge in [0.05, 0.1) is 10.2 Å². The van der Waals surface area contributed by atoms with Crippen LogP contribution in [0.2, 0.25) is 10.0 Å². The number of Topliss-reactive ketones (excluding diaryl/α,β-unsaturated/α-hetero) is 2. The molecule has 2 aromatic rings. The lowest BCUT2D eigenvalue weighted by molar-refractivity contribution is -0.120. The summed E-state index contributed by atoms with van der Waals surface area (Å²) in [7, 11) is 0. The Labute approximate surface area is 259 Å². The van der Waals surface area contributed by atoms with Crippen molar-refractivity contribution in [3.05, 3.63) is 77.7 Å². The van der Waals surface area contributed by atoms with Crippen molar-refractivity contribution in [3.8, 4) is 11.5 Å². The molecule has 0 amide bonds. The zero-order valence-corrected chi connectivity index (χ0v) is 27.1. The molecule has 0 atom stereocenters. The summed E-state index contributed by atoms with van der Waals surface area (Å²) in [5.41, 5.74) is 2.41. The highest BCUT2D eigenvalue weighted by molar-refractivity contribution is 14.1. The summed E-state index contributed by atoms with van der Waals surface area (Å²) in [5, 5.41) is 1.08. The van der Waals surface area contributed by atoms with Crippen LogP contribution in [0, 0.1) is 14.4 Å². The van der Waals surface area contributed by atoms with Gasteiger partial charge in [-0.05, 0) is 70.2 Å². The van der Waals surface area contributed by atoms with E-state index >= 15 is 0 Å². The fourth-order valence-electron chi connectivity index (χ4n) is 5.95. The molecule has 0 aromatic heterocycles. The molecule has 212 valence electrons. The largest absolute Gasteiger partial charge is 0.490 e. The predicted octanol–water partition coefficient (Wildman–Crippen LogP) is 8.98. The zero-order chi connectivity index (χ0) is 29.0. The maximum atomic E-state index is 13.7. The Morgan fingerprint density at radius 3 is 2.05 bits per heavy atom. The highest BCUT2D eigenvalue weighted by Gasteiger charge is 2.48. The molecule has 3 aliphatic rings. The summed E-state index contributed by atoms with van der Waals surface area (Å²) < 4.78 is 19.5. The third kappa shape index (κ3) is 5.82. The first-order valence-electron chi connectivity index (χ1n) is 13.5. The lowest BCUT2D eigenvalue weighted by atomic mass is 9.65. The second-order valence-corrected chi connectivity index (χ2v) is 14.4. The molecule has 0 bridgehead atoms. The van der Waals surface area contributed by atoms with Crippen LogP contribution in [0.15, 0.2) is 53.0 Å². The Morgan fingerprint density at radius 2 is 1.50 bits per heavy atom. The highest BCUT2D eigenvalue weighted by atomic mass is 127. The van der Waals surface area contributed by atoms with Gasteiger partial charge in [-0.25, -0.2) is 0 Å². The summed E-state index contributed by atoms with van der Waals surface area (Å²) in [4.78, 5) is 27.3. The molecule has 0 N–H and O–H groups in total. The molecular weight excluding hydrogens is 662 g/mol. The van der Waals surface area contributed by atoms with E-state index in [1.807, 2.05) is 25.1 Å². The Balaban J connectivity index is 1.61. The van der Waals surface area contributed by atoms with Crippen LogP contribution in [0.25, 0.3) is 0 Å². The van der Waals surface area contributed by atoms with Crippen molar-refractivity contribution in [3.63, 3.8) is 0 Å². The molecule has 5 rings (SSSR count). The van der Waals surface area contributed by atoms with E-state index in [-0.39, 0.29) is 29.0 Å². The number of benzene rings is 2. The number of allylic oxidation sites excluding steroid dienone is 4. The third-order valence-corrected chi connectivity index (χ3v) is 9.02. The molecular formula is C32H33Cl2IO5. The van der Waals surface area contributed by atoms with E-state index in [1.54, 1.807) is 12.1 Å². The SMILES string of the molecule is CCOc1cc(C2C3=C(CC(C)(C)CC3=O)OC3=C2C(=O)CC(C)(C)C3)cc(I)c1OCc1ccc(Cl)cc1Cl. The maximum absolute atomic E-state index is 13.7. The molecule has 2 aromatic carbocycles. The Bertz CT molecular complexity index is 1420. The van der Waals surface area contributed by atoms with Gasteiger partial charge in [0.2, 0.25) is 0 Å². The summed E-state index contributed by atoms with van der Waals surface area (Å²) in [6.07, 6.45) is 2.11. The first kappa shape index (κ1) is 29.5. The smallest absolute Gasteiger partial charge is 0.174 e. The lowest BCUT2D eigenvalue weighted by Crippen LogP contribution is -2.37. The van der Waals surface area contributed by atoms with Crippen LogP contribution in [0.3, 0.4) is 0 Å². The van der Waals surface area contributed by atoms with Crippen molar-refractivity contribution in [2.45, 2.75) is 72.8 Å². The van der Waals surface area contributed by atoms with E-state index in [0.717, 1.165) is 14.7 Å². The van der Waals surface area contributed by atoms with Gasteiger partial charge in [0.15, 0.2) is 23.1 Å². The van der Waals surface area contributed by atoms with Crippen molar-refractivity contribution < 1.29 is 23.8 Å². The topological polar surface area (TPSA) is 61.8 Å². The van der Waals surface area contributed by atoms with Gasteiger partial charge < -0.3 is 14.2 Å². The third-order valence-electron chi connectivity index (χ3n) is 7.63. The fraction of sp³-hybridized carbons (Fsp3) is 0.438. The van der Waals surface area contributed by atoms with Gasteiger partial charge >= 0.3 is 0 Å². The van der Waals surface area contributed by atoms with E-state index in [1.165, 1.54) is 0 Å². The van der Waals surface area contributed by atoms with Gasteiger partial charge in [0, 0.05) is 58.4 Å². The predicted molar refractivity (Wildman–Crippen MR) is 165 cm³/mol. The number of carbonyl (C=O) groups excluding carboxylic acids is 2. The molecule has 0 saturated heterocycles. The highest BCUT2D eigenvalue weighted by Crippen LogP contribution is 2.54. The summed E-state index contributed by atoms with van der Waals surface area (Å²) >= 11 is 14.7. The molecule has 2 aliphatic carbocycles. The number of ether oxygens (including phenoxy) is 3. The minimum absolute atomic E-state index is 0.0334. The Hall–Kier alpha value is -2.03. The Morgan fingerprint density at radius 1 is 0.900 bits per heavy atom. The van der Waals surface area contributed by atoms with Crippen molar-refractivity contribution in [1.82, 2.24) is 0 Å². The molecule has 1 heterocycles. The molecule has 5 nitrogen and oxygen atoms in total. The zero-order valence-electron chi connectivity index (χ0n) is 23.4. The van der Waals surface area contributed by atoms with E-state index in [2.05, 4.69) is 50.3 Å². The molecule has 8 heteroatoms. The van der Waals surface area contributed by atoms with Crippen LogP contribution in [0.5, 0.6) is 11.5 Å². The van der Waals surface area contributed by atoms with Gasteiger partial charge in [-0.2, -0.15) is 0 Å². The van der Waals surface area contributed by atoms with Crippen LogP contribution in [0.1, 0.15) is 77.3 Å². The second kappa shape index (κ2) is 11.0. The van der Waals surface area contributed by atoms with Crippen molar-refractivity contribution in [2.75, 3.05) is 6.61 Å². The molecule has 40 heavy (non-hydrogen) atoms. The monoisotopic (exact) mass is 694 g/mol. The number of halogens is 3. The van der Waals surface area contributed by atoms with Gasteiger partial charge in [-0.3, -0.25) is 9.59 Å². The van der Waals surface area contributed by atoms with E-state index < -0.39 is 5.92 Å². The molecule has 0 unspecified atom stereocenters. The van der Waals surface area contributed by atoms with Gasteiger partial charge in [-0.15, -0.1) is 0 Å². The summed E-state index contributed by atoms with van der Waals surface area (Å²) in [6.45, 7) is 10.9. The minimum atomic E-state index is -0.501. The quantitative estimate of drug-likeness (QED) is 0.283. The number of rotatable bonds is 6. The lowest BCUT2D eigenvalue weighted by Gasteiger charge is -2.42. The van der Waals surface area contributed by atoms with Crippen LogP contribution < -0.4 is 9.47 Å². The van der Waals surface area contributed by atoms with Gasteiger partial charge in [0.1, 0.15) is 18.1 Å². The van der Waals surface area contributed by atoms with Crippen LogP contribution in [-0.2, 0) is 20.9 Å². The molecule has 1 aliphatic heterocycles. The first-order chi connectivity index (χ1) is 18.8. The average molecular weight is 695 g/mol. The van der Waals surface area contributed by atoms with Crippen molar-refractivity contribution >= 4 is 57.4 Å². The number of carbonyl (C=O) groups is 2. The summed E-state index contributed by atoms with van der Waals surface area (Å²) in [6, 6.07) is 9.20. The van der Waals surface area contributed by atoms with Crippen molar-refractivity contribution in [1.29, 1.82) is 0 Å². The second-order valence-electron chi connectivity index (χ2n) is 12.4. The normalized spacial score (nSPS) is 20.2. The standard InChI is InChI=1S/C32H33Cl2IO5/c1-6-38-24-10-18(9-21(35)30(24)39-16-17-7-8-19(33)11-20(17)34)27-28-22(36)12-31(2,3)14-25(28)40-26-15-32(4,5)13-23(37)29(26)27/h7-11,27H,6,12-16H2,1-5H3. The maximum Gasteiger partial charge on any atom is 0.174 e. The van der Waals surface area contributed by atoms with E-state index in [4.69, 9.17) is 37.4 Å². The van der Waals surface area contributed by atoms with Crippen LogP contribution >= 0.6 is 45.8 Å². The molecule has 0 saturated carbocycles. The molecule has 0 radical (unpaired) electrons. The van der Waals surface area contributed by atoms with Crippen LogP contribution in [-0.4, -0.2) is 18.2 Å². The number of hydrogen-bond acceptors (Lipinski definition) is 5. The fourth-order valence-corrected chi connectivity index (χ4v) is 7.20. The molecule has 0 spiro atoms. The van der Waals surface area contributed by atoms with Crippen LogP contribution in [0.4, 0.5) is 0 Å².